The molecule has 0 saturated carbocycles. The Morgan fingerprint density at radius 3 is 2.12 bits per heavy atom. The highest BCUT2D eigenvalue weighted by Crippen LogP contribution is 2.39. The molecular formula is C24H30N2O7. The van der Waals surface area contributed by atoms with E-state index in [9.17, 15) is 9.59 Å². The maximum Gasteiger partial charge on any atom is 0.255 e. The minimum Gasteiger partial charge on any atom is -0.497 e. The Hall–Kier alpha value is -3.46. The van der Waals surface area contributed by atoms with E-state index in [0.29, 0.717) is 25.3 Å². The molecule has 0 atom stereocenters. The SMILES string of the molecule is COc1ccc(C2(CNC(=O)c3cc(OC)c(OCC(N)=O)c(OC)c3)CCOCC2)cc1. The van der Waals surface area contributed by atoms with Crippen LogP contribution < -0.4 is 30.0 Å². The summed E-state index contributed by atoms with van der Waals surface area (Å²) in [5.41, 5.74) is 6.37. The Bertz CT molecular complexity index is 944. The van der Waals surface area contributed by atoms with Gasteiger partial charge in [-0.25, -0.2) is 0 Å². The first kappa shape index (κ1) is 24.2. The quantitative estimate of drug-likeness (QED) is 0.559. The molecule has 2 aromatic rings. The monoisotopic (exact) mass is 458 g/mol. The van der Waals surface area contributed by atoms with Gasteiger partial charge in [0.15, 0.2) is 18.1 Å². The number of nitrogens with one attached hydrogen (secondary N) is 1. The fourth-order valence-electron chi connectivity index (χ4n) is 3.92. The molecule has 0 aromatic heterocycles. The first-order valence-corrected chi connectivity index (χ1v) is 10.6. The highest BCUT2D eigenvalue weighted by atomic mass is 16.5. The molecule has 1 fully saturated rings. The summed E-state index contributed by atoms with van der Waals surface area (Å²) in [5, 5.41) is 3.06. The van der Waals surface area contributed by atoms with Crippen LogP contribution in [0.1, 0.15) is 28.8 Å². The molecule has 3 N–H and O–H groups in total. The van der Waals surface area contributed by atoms with Crippen molar-refractivity contribution >= 4 is 11.8 Å². The third-order valence-corrected chi connectivity index (χ3v) is 5.82. The minimum absolute atomic E-state index is 0.203. The Morgan fingerprint density at radius 1 is 1.00 bits per heavy atom. The third-order valence-electron chi connectivity index (χ3n) is 5.82. The van der Waals surface area contributed by atoms with Crippen LogP contribution in [0, 0.1) is 0 Å². The molecule has 0 aliphatic carbocycles. The van der Waals surface area contributed by atoms with Crippen molar-refractivity contribution in [3.8, 4) is 23.0 Å². The zero-order valence-corrected chi connectivity index (χ0v) is 19.1. The van der Waals surface area contributed by atoms with E-state index in [4.69, 9.17) is 29.4 Å². The molecule has 0 radical (unpaired) electrons. The van der Waals surface area contributed by atoms with Gasteiger partial charge in [0, 0.05) is 30.7 Å². The first-order valence-electron chi connectivity index (χ1n) is 10.6. The standard InChI is InChI=1S/C24H30N2O7/c1-29-18-6-4-17(5-7-18)24(8-10-32-11-9-24)15-26-23(28)16-12-19(30-2)22(20(13-16)31-3)33-14-21(25)27/h4-7,12-13H,8-11,14-15H2,1-3H3,(H2,25,27)(H,26,28). The summed E-state index contributed by atoms with van der Waals surface area (Å²) in [7, 11) is 4.51. The van der Waals surface area contributed by atoms with Gasteiger partial charge in [0.1, 0.15) is 5.75 Å². The predicted molar refractivity (Wildman–Crippen MR) is 121 cm³/mol. The lowest BCUT2D eigenvalue weighted by Crippen LogP contribution is -2.44. The fourth-order valence-corrected chi connectivity index (χ4v) is 3.92. The van der Waals surface area contributed by atoms with Gasteiger partial charge in [-0.05, 0) is 42.7 Å². The lowest BCUT2D eigenvalue weighted by Gasteiger charge is -2.38. The van der Waals surface area contributed by atoms with Crippen molar-refractivity contribution in [2.75, 3.05) is 47.7 Å². The Morgan fingerprint density at radius 2 is 1.61 bits per heavy atom. The van der Waals surface area contributed by atoms with Gasteiger partial charge < -0.3 is 34.7 Å². The second-order valence-electron chi connectivity index (χ2n) is 7.77. The van der Waals surface area contributed by atoms with Gasteiger partial charge in [-0.1, -0.05) is 12.1 Å². The van der Waals surface area contributed by atoms with Crippen molar-refractivity contribution in [1.82, 2.24) is 5.32 Å². The minimum atomic E-state index is -0.638. The van der Waals surface area contributed by atoms with Crippen LogP contribution in [0.15, 0.2) is 36.4 Å². The third kappa shape index (κ3) is 5.67. The maximum atomic E-state index is 13.1. The summed E-state index contributed by atoms with van der Waals surface area (Å²) < 4.78 is 27.0. The number of ether oxygens (including phenoxy) is 5. The molecule has 1 aliphatic heterocycles. The zero-order chi connectivity index (χ0) is 23.8. The van der Waals surface area contributed by atoms with Crippen molar-refractivity contribution in [3.63, 3.8) is 0 Å². The number of primary amides is 1. The molecule has 1 aliphatic rings. The van der Waals surface area contributed by atoms with E-state index in [-0.39, 0.29) is 35.2 Å². The van der Waals surface area contributed by atoms with Gasteiger partial charge in [0.25, 0.3) is 11.8 Å². The molecule has 1 heterocycles. The Kier molecular flexibility index (Phi) is 8.00. The Balaban J connectivity index is 1.81. The molecule has 0 unspecified atom stereocenters. The average Bonchev–Trinajstić information content (AvgIpc) is 2.85. The summed E-state index contributed by atoms with van der Waals surface area (Å²) >= 11 is 0. The molecule has 1 saturated heterocycles. The number of hydrogen-bond donors (Lipinski definition) is 2. The van der Waals surface area contributed by atoms with Crippen LogP contribution >= 0.6 is 0 Å². The fraction of sp³-hybridized carbons (Fsp3) is 0.417. The van der Waals surface area contributed by atoms with Crippen molar-refractivity contribution < 1.29 is 33.3 Å². The van der Waals surface area contributed by atoms with E-state index in [1.54, 1.807) is 7.11 Å². The Labute approximate surface area is 193 Å². The van der Waals surface area contributed by atoms with Crippen molar-refractivity contribution in [3.05, 3.63) is 47.5 Å². The van der Waals surface area contributed by atoms with Crippen LogP contribution in [0.4, 0.5) is 0 Å². The number of carbonyl (C=O) groups is 2. The van der Waals surface area contributed by atoms with Crippen LogP contribution in [-0.4, -0.2) is 59.5 Å². The summed E-state index contributed by atoms with van der Waals surface area (Å²) in [6.07, 6.45) is 1.57. The lowest BCUT2D eigenvalue weighted by atomic mass is 9.74. The molecule has 178 valence electrons. The first-order chi connectivity index (χ1) is 15.9. The van der Waals surface area contributed by atoms with E-state index >= 15 is 0 Å². The van der Waals surface area contributed by atoms with E-state index < -0.39 is 5.91 Å². The molecule has 0 bridgehead atoms. The molecular weight excluding hydrogens is 428 g/mol. The number of nitrogens with two attached hydrogens (primary N) is 1. The molecule has 9 heteroatoms. The van der Waals surface area contributed by atoms with Gasteiger partial charge in [-0.2, -0.15) is 0 Å². The number of amides is 2. The van der Waals surface area contributed by atoms with E-state index in [0.717, 1.165) is 24.2 Å². The number of benzene rings is 2. The molecule has 0 spiro atoms. The van der Waals surface area contributed by atoms with Crippen LogP contribution in [0.5, 0.6) is 23.0 Å². The van der Waals surface area contributed by atoms with Gasteiger partial charge in [0.2, 0.25) is 5.75 Å². The molecule has 33 heavy (non-hydrogen) atoms. The van der Waals surface area contributed by atoms with Gasteiger partial charge in [-0.15, -0.1) is 0 Å². The second-order valence-corrected chi connectivity index (χ2v) is 7.77. The van der Waals surface area contributed by atoms with E-state index in [1.807, 2.05) is 24.3 Å². The van der Waals surface area contributed by atoms with Gasteiger partial charge in [-0.3, -0.25) is 9.59 Å². The van der Waals surface area contributed by atoms with Crippen LogP contribution in [-0.2, 0) is 14.9 Å². The zero-order valence-electron chi connectivity index (χ0n) is 19.1. The van der Waals surface area contributed by atoms with Crippen molar-refractivity contribution in [1.29, 1.82) is 0 Å². The van der Waals surface area contributed by atoms with E-state index in [1.165, 1.54) is 26.4 Å². The van der Waals surface area contributed by atoms with Crippen LogP contribution in [0.25, 0.3) is 0 Å². The molecule has 2 amide bonds. The highest BCUT2D eigenvalue weighted by Gasteiger charge is 2.35. The van der Waals surface area contributed by atoms with Crippen LogP contribution in [0.3, 0.4) is 0 Å². The summed E-state index contributed by atoms with van der Waals surface area (Å²) in [5.74, 6) is 0.583. The molecule has 3 rings (SSSR count). The largest absolute Gasteiger partial charge is 0.497 e. The predicted octanol–water partition coefficient (Wildman–Crippen LogP) is 2.05. The summed E-state index contributed by atoms with van der Waals surface area (Å²) in [6, 6.07) is 11.0. The van der Waals surface area contributed by atoms with Gasteiger partial charge >= 0.3 is 0 Å². The maximum absolute atomic E-state index is 13.1. The summed E-state index contributed by atoms with van der Waals surface area (Å²) in [6.45, 7) is 1.34. The van der Waals surface area contributed by atoms with Crippen molar-refractivity contribution in [2.24, 2.45) is 5.73 Å². The number of hydrogen-bond acceptors (Lipinski definition) is 7. The molecule has 2 aromatic carbocycles. The average molecular weight is 459 g/mol. The van der Waals surface area contributed by atoms with Gasteiger partial charge in [0.05, 0.1) is 21.3 Å². The van der Waals surface area contributed by atoms with Crippen LogP contribution in [0.2, 0.25) is 0 Å². The van der Waals surface area contributed by atoms with E-state index in [2.05, 4.69) is 5.32 Å². The second kappa shape index (κ2) is 10.9. The number of carbonyl (C=O) groups excluding carboxylic acids is 2. The molecule has 9 nitrogen and oxygen atoms in total. The number of rotatable bonds is 10. The smallest absolute Gasteiger partial charge is 0.255 e. The highest BCUT2D eigenvalue weighted by molar-refractivity contribution is 5.95. The topological polar surface area (TPSA) is 118 Å². The van der Waals surface area contributed by atoms with Crippen molar-refractivity contribution in [2.45, 2.75) is 18.3 Å². The summed E-state index contributed by atoms with van der Waals surface area (Å²) in [4.78, 5) is 24.2. The normalized spacial score (nSPS) is 14.8. The lowest BCUT2D eigenvalue weighted by molar-refractivity contribution is -0.120. The number of methoxy groups -OCH3 is 3.